The summed E-state index contributed by atoms with van der Waals surface area (Å²) in [5.74, 6) is 0.618. The Labute approximate surface area is 137 Å². The lowest BCUT2D eigenvalue weighted by Crippen LogP contribution is -2.50. The number of hydrogen-bond donors (Lipinski definition) is 1. The van der Waals surface area contributed by atoms with Crippen LogP contribution in [0.15, 0.2) is 12.4 Å². The average molecular weight is 319 g/mol. The first-order chi connectivity index (χ1) is 11.1. The van der Waals surface area contributed by atoms with Gasteiger partial charge in [0.1, 0.15) is 11.5 Å². The molecular formula is C16H25N5O2. The van der Waals surface area contributed by atoms with Gasteiger partial charge in [0.05, 0.1) is 12.4 Å². The van der Waals surface area contributed by atoms with Crippen LogP contribution in [0.1, 0.15) is 43.6 Å². The van der Waals surface area contributed by atoms with Gasteiger partial charge in [-0.15, -0.1) is 0 Å². The fourth-order valence-corrected chi connectivity index (χ4v) is 2.51. The van der Waals surface area contributed by atoms with Gasteiger partial charge in [0.15, 0.2) is 0 Å². The molecule has 0 atom stereocenters. The van der Waals surface area contributed by atoms with Crippen molar-refractivity contribution in [1.82, 2.24) is 19.8 Å². The molecule has 0 spiro atoms. The van der Waals surface area contributed by atoms with E-state index in [1.165, 1.54) is 19.0 Å². The Bertz CT molecular complexity index is 524. The fourth-order valence-electron chi connectivity index (χ4n) is 2.51. The first-order valence-corrected chi connectivity index (χ1v) is 8.22. The summed E-state index contributed by atoms with van der Waals surface area (Å²) in [6, 6.07) is 0. The molecule has 2 amide bonds. The van der Waals surface area contributed by atoms with Crippen molar-refractivity contribution in [2.45, 2.75) is 33.1 Å². The predicted molar refractivity (Wildman–Crippen MR) is 88.2 cm³/mol. The molecule has 0 aliphatic carbocycles. The van der Waals surface area contributed by atoms with Crippen molar-refractivity contribution in [3.63, 3.8) is 0 Å². The third kappa shape index (κ3) is 4.91. The number of hydrogen-bond acceptors (Lipinski definition) is 5. The standard InChI is InChI=1S/C16H25N5O2/c1-3-4-5-6-17-15-12-18-14(11-19-15)16(23)21-9-7-20(8-10-21)13(2)22/h11-12H,3-10H2,1-2H3,(H,17,19). The number of nitrogens with one attached hydrogen (secondary N) is 1. The van der Waals surface area contributed by atoms with E-state index < -0.39 is 0 Å². The highest BCUT2D eigenvalue weighted by atomic mass is 16.2. The third-order valence-electron chi connectivity index (χ3n) is 3.97. The van der Waals surface area contributed by atoms with Gasteiger partial charge in [-0.3, -0.25) is 9.59 Å². The third-order valence-corrected chi connectivity index (χ3v) is 3.97. The minimum Gasteiger partial charge on any atom is -0.369 e. The van der Waals surface area contributed by atoms with E-state index in [1.807, 2.05) is 0 Å². The number of carbonyl (C=O) groups excluding carboxylic acids is 2. The van der Waals surface area contributed by atoms with Gasteiger partial charge in [-0.05, 0) is 6.42 Å². The summed E-state index contributed by atoms with van der Waals surface area (Å²) in [6.07, 6.45) is 6.58. The predicted octanol–water partition coefficient (Wildman–Crippen LogP) is 1.38. The maximum absolute atomic E-state index is 12.4. The Morgan fingerprint density at radius 3 is 2.35 bits per heavy atom. The first-order valence-electron chi connectivity index (χ1n) is 8.22. The van der Waals surface area contributed by atoms with Crippen LogP contribution < -0.4 is 5.32 Å². The summed E-state index contributed by atoms with van der Waals surface area (Å²) in [5.41, 5.74) is 0.348. The molecule has 0 bridgehead atoms. The van der Waals surface area contributed by atoms with Gasteiger partial charge in [-0.2, -0.15) is 0 Å². The summed E-state index contributed by atoms with van der Waals surface area (Å²) in [4.78, 5) is 35.6. The van der Waals surface area contributed by atoms with Crippen LogP contribution in [0, 0.1) is 0 Å². The average Bonchev–Trinajstić information content (AvgIpc) is 2.59. The second-order valence-corrected chi connectivity index (χ2v) is 5.72. The second kappa shape index (κ2) is 8.45. The summed E-state index contributed by atoms with van der Waals surface area (Å²) in [6.45, 7) is 6.81. The Balaban J connectivity index is 1.84. The number of piperazine rings is 1. The maximum atomic E-state index is 12.4. The molecular weight excluding hydrogens is 294 g/mol. The number of unbranched alkanes of at least 4 members (excludes halogenated alkanes) is 2. The molecule has 1 aromatic rings. The van der Waals surface area contributed by atoms with E-state index in [-0.39, 0.29) is 11.8 Å². The SMILES string of the molecule is CCCCCNc1cnc(C(=O)N2CCN(C(C)=O)CC2)cn1. The zero-order valence-corrected chi connectivity index (χ0v) is 13.9. The Kier molecular flexibility index (Phi) is 6.31. The summed E-state index contributed by atoms with van der Waals surface area (Å²) < 4.78 is 0. The molecule has 1 aliphatic heterocycles. The molecule has 7 nitrogen and oxygen atoms in total. The topological polar surface area (TPSA) is 78.4 Å². The van der Waals surface area contributed by atoms with E-state index >= 15 is 0 Å². The molecule has 7 heteroatoms. The normalized spacial score (nSPS) is 14.7. The highest BCUT2D eigenvalue weighted by molar-refractivity contribution is 5.92. The van der Waals surface area contributed by atoms with Crippen molar-refractivity contribution in [3.8, 4) is 0 Å². The minimum absolute atomic E-state index is 0.0513. The van der Waals surface area contributed by atoms with Crippen molar-refractivity contribution in [1.29, 1.82) is 0 Å². The molecule has 1 N–H and O–H groups in total. The van der Waals surface area contributed by atoms with Crippen LogP contribution in [0.3, 0.4) is 0 Å². The fraction of sp³-hybridized carbons (Fsp3) is 0.625. The monoisotopic (exact) mass is 319 g/mol. The minimum atomic E-state index is -0.127. The quantitative estimate of drug-likeness (QED) is 0.802. The van der Waals surface area contributed by atoms with E-state index in [0.717, 1.165) is 13.0 Å². The lowest BCUT2D eigenvalue weighted by Gasteiger charge is -2.33. The number of rotatable bonds is 6. The van der Waals surface area contributed by atoms with Gasteiger partial charge in [0.2, 0.25) is 5.91 Å². The molecule has 2 rings (SSSR count). The molecule has 0 radical (unpaired) electrons. The van der Waals surface area contributed by atoms with Crippen molar-refractivity contribution >= 4 is 17.6 Å². The van der Waals surface area contributed by atoms with E-state index in [1.54, 1.807) is 22.9 Å². The lowest BCUT2D eigenvalue weighted by molar-refractivity contribution is -0.130. The zero-order chi connectivity index (χ0) is 16.7. The van der Waals surface area contributed by atoms with Crippen LogP contribution in [0.25, 0.3) is 0 Å². The highest BCUT2D eigenvalue weighted by Crippen LogP contribution is 2.08. The second-order valence-electron chi connectivity index (χ2n) is 5.72. The molecule has 126 valence electrons. The van der Waals surface area contributed by atoms with Crippen molar-refractivity contribution in [2.75, 3.05) is 38.0 Å². The van der Waals surface area contributed by atoms with Crippen molar-refractivity contribution < 1.29 is 9.59 Å². The molecule has 1 saturated heterocycles. The van der Waals surface area contributed by atoms with Crippen LogP contribution in [0.5, 0.6) is 0 Å². The van der Waals surface area contributed by atoms with Crippen LogP contribution in [0.2, 0.25) is 0 Å². The highest BCUT2D eigenvalue weighted by Gasteiger charge is 2.24. The Morgan fingerprint density at radius 1 is 1.09 bits per heavy atom. The number of carbonyl (C=O) groups is 2. The summed E-state index contributed by atoms with van der Waals surface area (Å²) >= 11 is 0. The molecule has 1 aromatic heterocycles. The van der Waals surface area contributed by atoms with Crippen molar-refractivity contribution in [2.24, 2.45) is 0 Å². The van der Waals surface area contributed by atoms with E-state index in [0.29, 0.717) is 37.7 Å². The van der Waals surface area contributed by atoms with Gasteiger partial charge >= 0.3 is 0 Å². The molecule has 2 heterocycles. The van der Waals surface area contributed by atoms with Crippen LogP contribution in [0.4, 0.5) is 5.82 Å². The van der Waals surface area contributed by atoms with E-state index in [9.17, 15) is 9.59 Å². The largest absolute Gasteiger partial charge is 0.369 e. The number of anilines is 1. The number of aromatic nitrogens is 2. The van der Waals surface area contributed by atoms with Crippen LogP contribution >= 0.6 is 0 Å². The zero-order valence-electron chi connectivity index (χ0n) is 13.9. The maximum Gasteiger partial charge on any atom is 0.274 e. The molecule has 0 aromatic carbocycles. The molecule has 1 fully saturated rings. The van der Waals surface area contributed by atoms with Gasteiger partial charge in [-0.25, -0.2) is 9.97 Å². The van der Waals surface area contributed by atoms with Crippen molar-refractivity contribution in [3.05, 3.63) is 18.1 Å². The molecule has 0 unspecified atom stereocenters. The molecule has 1 aliphatic rings. The van der Waals surface area contributed by atoms with Crippen LogP contribution in [-0.4, -0.2) is 64.3 Å². The number of amides is 2. The van der Waals surface area contributed by atoms with Gasteiger partial charge in [0.25, 0.3) is 5.91 Å². The smallest absolute Gasteiger partial charge is 0.274 e. The summed E-state index contributed by atoms with van der Waals surface area (Å²) in [7, 11) is 0. The van der Waals surface area contributed by atoms with Crippen LogP contribution in [-0.2, 0) is 4.79 Å². The Morgan fingerprint density at radius 2 is 1.78 bits per heavy atom. The Hall–Kier alpha value is -2.18. The van der Waals surface area contributed by atoms with Gasteiger partial charge < -0.3 is 15.1 Å². The van der Waals surface area contributed by atoms with E-state index in [4.69, 9.17) is 0 Å². The first kappa shape index (κ1) is 17.2. The van der Waals surface area contributed by atoms with E-state index in [2.05, 4.69) is 22.2 Å². The molecule has 0 saturated carbocycles. The van der Waals surface area contributed by atoms with Gasteiger partial charge in [0, 0.05) is 39.6 Å². The summed E-state index contributed by atoms with van der Waals surface area (Å²) in [5, 5.41) is 3.20. The number of nitrogens with zero attached hydrogens (tertiary/aromatic N) is 4. The van der Waals surface area contributed by atoms with Gasteiger partial charge in [-0.1, -0.05) is 19.8 Å². The lowest BCUT2D eigenvalue weighted by atomic mass is 10.2. The molecule has 23 heavy (non-hydrogen) atoms.